The molecule has 0 radical (unpaired) electrons. The van der Waals surface area contributed by atoms with Crippen LogP contribution >= 0.6 is 11.3 Å². The third-order valence-corrected chi connectivity index (χ3v) is 6.03. The van der Waals surface area contributed by atoms with E-state index in [1.807, 2.05) is 6.07 Å². The van der Waals surface area contributed by atoms with Gasteiger partial charge in [0, 0.05) is 11.1 Å². The Bertz CT molecular complexity index is 1380. The van der Waals surface area contributed by atoms with Gasteiger partial charge in [-0.25, -0.2) is 9.37 Å². The van der Waals surface area contributed by atoms with Gasteiger partial charge >= 0.3 is 0 Å². The fourth-order valence-electron chi connectivity index (χ4n) is 3.34. The average molecular weight is 496 g/mol. The highest BCUT2D eigenvalue weighted by molar-refractivity contribution is 7.22. The van der Waals surface area contributed by atoms with Crippen LogP contribution in [-0.4, -0.2) is 45.5 Å². The first-order chi connectivity index (χ1) is 17.0. The van der Waals surface area contributed by atoms with Gasteiger partial charge in [-0.05, 0) is 48.5 Å². The lowest BCUT2D eigenvalue weighted by Gasteiger charge is -2.15. The van der Waals surface area contributed by atoms with Gasteiger partial charge in [-0.1, -0.05) is 17.4 Å². The number of amides is 1. The van der Waals surface area contributed by atoms with E-state index in [0.29, 0.717) is 39.2 Å². The summed E-state index contributed by atoms with van der Waals surface area (Å²) < 4.78 is 36.1. The number of halogens is 1. The molecule has 8 nitrogen and oxygen atoms in total. The zero-order valence-electron chi connectivity index (χ0n) is 19.4. The van der Waals surface area contributed by atoms with Crippen molar-refractivity contribution in [2.24, 2.45) is 5.10 Å². The number of carbonyl (C=O) groups is 1. The molecule has 0 unspecified atom stereocenters. The molecule has 4 rings (SSSR count). The minimum absolute atomic E-state index is 0.129. The van der Waals surface area contributed by atoms with Crippen molar-refractivity contribution >= 4 is 38.8 Å². The summed E-state index contributed by atoms with van der Waals surface area (Å²) in [5.74, 6) is 0.890. The topological polar surface area (TPSA) is 82.5 Å². The molecule has 0 aliphatic rings. The number of anilines is 1. The number of nitrogens with zero attached hydrogens (tertiary/aromatic N) is 3. The van der Waals surface area contributed by atoms with Gasteiger partial charge in [-0.15, -0.1) is 0 Å². The van der Waals surface area contributed by atoms with Crippen LogP contribution in [0.5, 0.6) is 23.0 Å². The molecule has 1 amide bonds. The van der Waals surface area contributed by atoms with Crippen molar-refractivity contribution in [3.63, 3.8) is 0 Å². The van der Waals surface area contributed by atoms with E-state index in [4.69, 9.17) is 18.9 Å². The molecule has 1 heterocycles. The first kappa shape index (κ1) is 24.0. The lowest BCUT2D eigenvalue weighted by molar-refractivity contribution is 0.0987. The zero-order chi connectivity index (χ0) is 24.9. The summed E-state index contributed by atoms with van der Waals surface area (Å²) in [7, 11) is 6.10. The second-order valence-corrected chi connectivity index (χ2v) is 8.17. The van der Waals surface area contributed by atoms with Crippen LogP contribution in [0.4, 0.5) is 9.52 Å². The van der Waals surface area contributed by atoms with E-state index in [1.54, 1.807) is 31.4 Å². The van der Waals surface area contributed by atoms with E-state index in [9.17, 15) is 9.18 Å². The largest absolute Gasteiger partial charge is 0.497 e. The Hall–Kier alpha value is -4.18. The fourth-order valence-corrected chi connectivity index (χ4v) is 4.29. The molecule has 0 atom stereocenters. The van der Waals surface area contributed by atoms with Crippen molar-refractivity contribution in [2.75, 3.05) is 33.4 Å². The van der Waals surface area contributed by atoms with Crippen molar-refractivity contribution < 1.29 is 28.1 Å². The molecule has 4 aromatic rings. The highest BCUT2D eigenvalue weighted by Crippen LogP contribution is 2.38. The summed E-state index contributed by atoms with van der Waals surface area (Å²) in [5.41, 5.74) is 1.38. The Balaban J connectivity index is 1.79. The molecular formula is C25H22FN3O5S. The predicted molar refractivity (Wildman–Crippen MR) is 133 cm³/mol. The number of hydrogen-bond donors (Lipinski definition) is 0. The zero-order valence-corrected chi connectivity index (χ0v) is 20.3. The number of hydrogen-bond acceptors (Lipinski definition) is 8. The number of rotatable bonds is 8. The van der Waals surface area contributed by atoms with E-state index in [1.165, 1.54) is 57.1 Å². The minimum Gasteiger partial charge on any atom is -0.497 e. The molecule has 0 aliphatic carbocycles. The average Bonchev–Trinajstić information content (AvgIpc) is 3.30. The summed E-state index contributed by atoms with van der Waals surface area (Å²) in [6, 6.07) is 14.2. The molecule has 0 fully saturated rings. The van der Waals surface area contributed by atoms with Gasteiger partial charge in [0.15, 0.2) is 11.5 Å². The third kappa shape index (κ3) is 5.02. The summed E-state index contributed by atoms with van der Waals surface area (Å²) in [6.07, 6.45) is 1.47. The van der Waals surface area contributed by atoms with E-state index in [2.05, 4.69) is 10.1 Å². The van der Waals surface area contributed by atoms with Crippen LogP contribution in [0.25, 0.3) is 10.2 Å². The molecule has 1 aromatic heterocycles. The number of benzene rings is 3. The highest BCUT2D eigenvalue weighted by Gasteiger charge is 2.22. The number of fused-ring (bicyclic) bond motifs is 1. The van der Waals surface area contributed by atoms with E-state index < -0.39 is 11.7 Å². The normalized spacial score (nSPS) is 11.0. The molecule has 35 heavy (non-hydrogen) atoms. The van der Waals surface area contributed by atoms with Crippen LogP contribution in [0.3, 0.4) is 0 Å². The van der Waals surface area contributed by atoms with Crippen molar-refractivity contribution in [1.82, 2.24) is 4.98 Å². The van der Waals surface area contributed by atoms with Crippen molar-refractivity contribution in [3.05, 3.63) is 71.5 Å². The minimum atomic E-state index is -0.542. The van der Waals surface area contributed by atoms with Crippen LogP contribution in [0.15, 0.2) is 59.7 Å². The van der Waals surface area contributed by atoms with Crippen LogP contribution in [0.1, 0.15) is 15.9 Å². The fraction of sp³-hybridized carbons (Fsp3) is 0.160. The van der Waals surface area contributed by atoms with E-state index in [-0.39, 0.29) is 5.56 Å². The van der Waals surface area contributed by atoms with Crippen molar-refractivity contribution in [2.45, 2.75) is 0 Å². The molecule has 0 saturated heterocycles. The second kappa shape index (κ2) is 10.4. The van der Waals surface area contributed by atoms with E-state index >= 15 is 0 Å². The second-order valence-electron chi connectivity index (χ2n) is 7.16. The molecule has 0 bridgehead atoms. The van der Waals surface area contributed by atoms with Crippen LogP contribution < -0.4 is 24.0 Å². The Morgan fingerprint density at radius 2 is 1.71 bits per heavy atom. The number of ether oxygens (including phenoxy) is 4. The van der Waals surface area contributed by atoms with Gasteiger partial charge in [-0.2, -0.15) is 10.1 Å². The maximum Gasteiger partial charge on any atom is 0.280 e. The Kier molecular flexibility index (Phi) is 7.11. The summed E-state index contributed by atoms with van der Waals surface area (Å²) >= 11 is 1.26. The quantitative estimate of drug-likeness (QED) is 0.248. The summed E-state index contributed by atoms with van der Waals surface area (Å²) in [4.78, 5) is 17.9. The number of aromatic nitrogens is 1. The summed E-state index contributed by atoms with van der Waals surface area (Å²) in [5, 5.41) is 5.86. The molecule has 0 spiro atoms. The Morgan fingerprint density at radius 3 is 2.34 bits per heavy atom. The monoisotopic (exact) mass is 495 g/mol. The molecule has 180 valence electrons. The predicted octanol–water partition coefficient (Wildman–Crippen LogP) is 5.15. The smallest absolute Gasteiger partial charge is 0.280 e. The SMILES string of the molecule is COc1ccc2nc(N(/N=C/c3cc(OC)c(OC)c(OC)c3)C(=O)c3cccc(F)c3)sc2c1. The molecule has 10 heteroatoms. The van der Waals surface area contributed by atoms with Crippen molar-refractivity contribution in [3.8, 4) is 23.0 Å². The van der Waals surface area contributed by atoms with Crippen LogP contribution in [0.2, 0.25) is 0 Å². The molecule has 0 aliphatic heterocycles. The Labute approximate surface area is 205 Å². The lowest BCUT2D eigenvalue weighted by atomic mass is 10.2. The molecule has 0 saturated carbocycles. The van der Waals surface area contributed by atoms with Gasteiger partial charge in [0.1, 0.15) is 11.6 Å². The maximum absolute atomic E-state index is 13.9. The number of thiazole rings is 1. The first-order valence-corrected chi connectivity index (χ1v) is 11.2. The Morgan fingerprint density at radius 1 is 0.971 bits per heavy atom. The van der Waals surface area contributed by atoms with Gasteiger partial charge in [-0.3, -0.25) is 4.79 Å². The third-order valence-electron chi connectivity index (χ3n) is 5.04. The highest BCUT2D eigenvalue weighted by atomic mass is 32.1. The number of carbonyl (C=O) groups excluding carboxylic acids is 1. The molecular weight excluding hydrogens is 473 g/mol. The number of methoxy groups -OCH3 is 4. The van der Waals surface area contributed by atoms with E-state index in [0.717, 1.165) is 15.8 Å². The standard InChI is InChI=1S/C25H22FN3O5S/c1-31-18-8-9-19-22(13-18)35-25(28-19)29(24(30)16-6-5-7-17(26)12-16)27-14-15-10-20(32-2)23(34-4)21(11-15)33-3/h5-14H,1-4H3/b27-14+. The van der Waals surface area contributed by atoms with Gasteiger partial charge in [0.25, 0.3) is 5.91 Å². The first-order valence-electron chi connectivity index (χ1n) is 10.4. The molecule has 3 aromatic carbocycles. The van der Waals surface area contributed by atoms with Crippen LogP contribution in [0, 0.1) is 5.82 Å². The van der Waals surface area contributed by atoms with Gasteiger partial charge in [0.05, 0.1) is 44.9 Å². The molecule has 0 N–H and O–H groups in total. The van der Waals surface area contributed by atoms with Gasteiger partial charge < -0.3 is 18.9 Å². The van der Waals surface area contributed by atoms with Crippen molar-refractivity contribution in [1.29, 1.82) is 0 Å². The van der Waals surface area contributed by atoms with Crippen LogP contribution in [-0.2, 0) is 0 Å². The lowest BCUT2D eigenvalue weighted by Crippen LogP contribution is -2.25. The number of hydrazone groups is 1. The maximum atomic E-state index is 13.9. The van der Waals surface area contributed by atoms with Gasteiger partial charge in [0.2, 0.25) is 10.9 Å². The summed E-state index contributed by atoms with van der Waals surface area (Å²) in [6.45, 7) is 0.